The minimum absolute atomic E-state index is 0.182. The van der Waals surface area contributed by atoms with Crippen molar-refractivity contribution in [3.05, 3.63) is 35.9 Å². The molecule has 0 spiro atoms. The second-order valence-electron chi connectivity index (χ2n) is 7.08. The smallest absolute Gasteiger partial charge is 0.222 e. The van der Waals surface area contributed by atoms with Gasteiger partial charge in [-0.2, -0.15) is 0 Å². The lowest BCUT2D eigenvalue weighted by Gasteiger charge is -2.38. The van der Waals surface area contributed by atoms with Crippen molar-refractivity contribution in [2.45, 2.75) is 25.4 Å². The zero-order valence-corrected chi connectivity index (χ0v) is 15.2. The van der Waals surface area contributed by atoms with Gasteiger partial charge in [-0.1, -0.05) is 30.3 Å². The first-order chi connectivity index (χ1) is 12.3. The predicted octanol–water partition coefficient (Wildman–Crippen LogP) is 1.81. The van der Waals surface area contributed by atoms with E-state index in [4.69, 9.17) is 9.47 Å². The zero-order valence-electron chi connectivity index (χ0n) is 15.2. The molecule has 0 bridgehead atoms. The largest absolute Gasteiger partial charge is 0.383 e. The van der Waals surface area contributed by atoms with Gasteiger partial charge in [-0.05, 0) is 18.4 Å². The van der Waals surface area contributed by atoms with E-state index in [0.717, 1.165) is 58.8 Å². The van der Waals surface area contributed by atoms with Crippen LogP contribution in [0.5, 0.6) is 0 Å². The number of fused-ring (bicyclic) bond motifs is 1. The molecule has 2 aliphatic rings. The number of likely N-dealkylation sites (tertiary alicyclic amines) is 1. The molecule has 2 fully saturated rings. The summed E-state index contributed by atoms with van der Waals surface area (Å²) in [6.45, 7) is 6.09. The molecule has 25 heavy (non-hydrogen) atoms. The number of hydrogen-bond acceptors (Lipinski definition) is 4. The van der Waals surface area contributed by atoms with Crippen molar-refractivity contribution < 1.29 is 14.3 Å². The molecule has 2 atom stereocenters. The van der Waals surface area contributed by atoms with E-state index in [0.29, 0.717) is 12.3 Å². The summed E-state index contributed by atoms with van der Waals surface area (Å²) in [6, 6.07) is 10.2. The summed E-state index contributed by atoms with van der Waals surface area (Å²) in [4.78, 5) is 17.0. The molecular weight excluding hydrogens is 316 g/mol. The Hall–Kier alpha value is -1.43. The van der Waals surface area contributed by atoms with Crippen LogP contribution >= 0.6 is 0 Å². The maximum Gasteiger partial charge on any atom is 0.222 e. The third-order valence-electron chi connectivity index (χ3n) is 5.36. The van der Waals surface area contributed by atoms with Crippen LogP contribution in [0.2, 0.25) is 0 Å². The summed E-state index contributed by atoms with van der Waals surface area (Å²) in [7, 11) is 1.75. The summed E-state index contributed by atoms with van der Waals surface area (Å²) in [5.74, 6) is 0.781. The van der Waals surface area contributed by atoms with Crippen molar-refractivity contribution in [3.8, 4) is 0 Å². The standard InChI is InChI=1S/C20H30N2O3/c1-24-13-11-21-12-14-25-19-16-22(10-9-18(19)15-21)20(23)8-7-17-5-3-2-4-6-17/h2-6,18-19H,7-16H2,1H3/t18-,19-/m0/s1. The normalized spacial score (nSPS) is 24.6. The molecule has 1 aromatic carbocycles. The molecule has 5 heteroatoms. The molecule has 1 amide bonds. The van der Waals surface area contributed by atoms with Crippen LogP contribution in [0.1, 0.15) is 18.4 Å². The van der Waals surface area contributed by atoms with Crippen LogP contribution < -0.4 is 0 Å². The predicted molar refractivity (Wildman–Crippen MR) is 97.5 cm³/mol. The number of hydrogen-bond donors (Lipinski definition) is 0. The van der Waals surface area contributed by atoms with E-state index in [1.807, 2.05) is 23.1 Å². The maximum absolute atomic E-state index is 12.6. The molecule has 0 saturated carbocycles. The molecule has 0 aliphatic carbocycles. The van der Waals surface area contributed by atoms with Crippen LogP contribution in [0, 0.1) is 5.92 Å². The lowest BCUT2D eigenvalue weighted by Crippen LogP contribution is -2.49. The highest BCUT2D eigenvalue weighted by atomic mass is 16.5. The molecule has 2 aliphatic heterocycles. The van der Waals surface area contributed by atoms with Crippen molar-refractivity contribution in [1.29, 1.82) is 0 Å². The second-order valence-corrected chi connectivity index (χ2v) is 7.08. The van der Waals surface area contributed by atoms with Gasteiger partial charge in [0.25, 0.3) is 0 Å². The average molecular weight is 346 g/mol. The number of methoxy groups -OCH3 is 1. The van der Waals surface area contributed by atoms with Gasteiger partial charge in [0.15, 0.2) is 0 Å². The fraction of sp³-hybridized carbons (Fsp3) is 0.650. The van der Waals surface area contributed by atoms with Gasteiger partial charge < -0.3 is 14.4 Å². The summed E-state index contributed by atoms with van der Waals surface area (Å²) in [6.07, 6.45) is 2.62. The molecule has 0 unspecified atom stereocenters. The summed E-state index contributed by atoms with van der Waals surface area (Å²) in [5.41, 5.74) is 1.23. The third kappa shape index (κ3) is 5.27. The van der Waals surface area contributed by atoms with Crippen LogP contribution in [0.15, 0.2) is 30.3 Å². The van der Waals surface area contributed by atoms with Crippen molar-refractivity contribution in [2.75, 3.05) is 53.0 Å². The van der Waals surface area contributed by atoms with Gasteiger partial charge in [0, 0.05) is 52.2 Å². The van der Waals surface area contributed by atoms with E-state index in [2.05, 4.69) is 17.0 Å². The highest BCUT2D eigenvalue weighted by Gasteiger charge is 2.34. The lowest BCUT2D eigenvalue weighted by atomic mass is 9.93. The Morgan fingerprint density at radius 3 is 2.88 bits per heavy atom. The quantitative estimate of drug-likeness (QED) is 0.788. The van der Waals surface area contributed by atoms with Crippen LogP contribution in [0.25, 0.3) is 0 Å². The first kappa shape index (κ1) is 18.4. The molecule has 2 heterocycles. The molecular formula is C20H30N2O3. The molecule has 5 nitrogen and oxygen atoms in total. The Morgan fingerprint density at radius 2 is 2.08 bits per heavy atom. The number of amides is 1. The lowest BCUT2D eigenvalue weighted by molar-refractivity contribution is -0.136. The fourth-order valence-corrected chi connectivity index (χ4v) is 3.82. The monoisotopic (exact) mass is 346 g/mol. The zero-order chi connectivity index (χ0) is 17.5. The first-order valence-corrected chi connectivity index (χ1v) is 9.41. The summed E-state index contributed by atoms with van der Waals surface area (Å²) in [5, 5.41) is 0. The van der Waals surface area contributed by atoms with E-state index < -0.39 is 0 Å². The van der Waals surface area contributed by atoms with E-state index >= 15 is 0 Å². The topological polar surface area (TPSA) is 42.0 Å². The van der Waals surface area contributed by atoms with Crippen LogP contribution in [-0.4, -0.2) is 74.9 Å². The van der Waals surface area contributed by atoms with Gasteiger partial charge in [-0.3, -0.25) is 9.69 Å². The van der Waals surface area contributed by atoms with E-state index in [-0.39, 0.29) is 12.0 Å². The van der Waals surface area contributed by atoms with Gasteiger partial charge in [-0.15, -0.1) is 0 Å². The molecule has 1 aromatic rings. The van der Waals surface area contributed by atoms with E-state index in [1.165, 1.54) is 5.56 Å². The molecule has 2 saturated heterocycles. The number of rotatable bonds is 6. The van der Waals surface area contributed by atoms with Crippen LogP contribution in [0.4, 0.5) is 0 Å². The summed E-state index contributed by atoms with van der Waals surface area (Å²) >= 11 is 0. The van der Waals surface area contributed by atoms with Crippen molar-refractivity contribution in [3.63, 3.8) is 0 Å². The molecule has 138 valence electrons. The average Bonchev–Trinajstić information content (AvgIpc) is 2.86. The second kappa shape index (κ2) is 9.32. The number of piperidine rings is 1. The van der Waals surface area contributed by atoms with Gasteiger partial charge >= 0.3 is 0 Å². The Balaban J connectivity index is 1.48. The molecule has 0 radical (unpaired) electrons. The van der Waals surface area contributed by atoms with Crippen LogP contribution in [0.3, 0.4) is 0 Å². The third-order valence-corrected chi connectivity index (χ3v) is 5.36. The Morgan fingerprint density at radius 1 is 1.24 bits per heavy atom. The number of carbonyl (C=O) groups excluding carboxylic acids is 1. The van der Waals surface area contributed by atoms with Gasteiger partial charge in [-0.25, -0.2) is 0 Å². The molecule has 0 N–H and O–H groups in total. The van der Waals surface area contributed by atoms with Crippen LogP contribution in [-0.2, 0) is 20.7 Å². The Bertz CT molecular complexity index is 537. The minimum Gasteiger partial charge on any atom is -0.383 e. The SMILES string of the molecule is COCCN1CCO[C@H]2CN(C(=O)CCc3ccccc3)CC[C@H]2C1. The first-order valence-electron chi connectivity index (χ1n) is 9.41. The van der Waals surface area contributed by atoms with Gasteiger partial charge in [0.05, 0.1) is 19.3 Å². The van der Waals surface area contributed by atoms with Crippen molar-refractivity contribution in [1.82, 2.24) is 9.80 Å². The van der Waals surface area contributed by atoms with E-state index in [9.17, 15) is 4.79 Å². The number of ether oxygens (including phenoxy) is 2. The fourth-order valence-electron chi connectivity index (χ4n) is 3.82. The minimum atomic E-state index is 0.182. The number of aryl methyl sites for hydroxylation is 1. The number of benzene rings is 1. The Labute approximate surface area is 150 Å². The maximum atomic E-state index is 12.6. The molecule has 3 rings (SSSR count). The highest BCUT2D eigenvalue weighted by Crippen LogP contribution is 2.24. The van der Waals surface area contributed by atoms with Crippen molar-refractivity contribution >= 4 is 5.91 Å². The Kier molecular flexibility index (Phi) is 6.84. The van der Waals surface area contributed by atoms with Gasteiger partial charge in [0.1, 0.15) is 0 Å². The van der Waals surface area contributed by atoms with E-state index in [1.54, 1.807) is 7.11 Å². The number of nitrogens with zero attached hydrogens (tertiary/aromatic N) is 2. The highest BCUT2D eigenvalue weighted by molar-refractivity contribution is 5.76. The number of carbonyl (C=O) groups is 1. The van der Waals surface area contributed by atoms with Gasteiger partial charge in [0.2, 0.25) is 5.91 Å². The van der Waals surface area contributed by atoms with Crippen molar-refractivity contribution in [2.24, 2.45) is 5.92 Å². The summed E-state index contributed by atoms with van der Waals surface area (Å²) < 4.78 is 11.3. The molecule has 0 aromatic heterocycles.